The van der Waals surface area contributed by atoms with Gasteiger partial charge in [0, 0.05) is 17.8 Å². The Morgan fingerprint density at radius 3 is 2.18 bits per heavy atom. The molecule has 0 saturated carbocycles. The fraction of sp³-hybridized carbons (Fsp3) is 0.0400. The molecule has 33 heavy (non-hydrogen) atoms. The molecule has 0 aliphatic heterocycles. The quantitative estimate of drug-likeness (QED) is 0.398. The Labute approximate surface area is 192 Å². The number of nitrogens with zero attached hydrogens (tertiary/aromatic N) is 1. The average molecular weight is 460 g/mol. The summed E-state index contributed by atoms with van der Waals surface area (Å²) in [6.07, 6.45) is 1.49. The fourth-order valence-corrected chi connectivity index (χ4v) is 4.14. The zero-order chi connectivity index (χ0) is 23.1. The third-order valence-corrected chi connectivity index (χ3v) is 6.08. The number of ether oxygens (including phenoxy) is 1. The van der Waals surface area contributed by atoms with Crippen LogP contribution in [-0.4, -0.2) is 19.3 Å². The maximum atomic E-state index is 12.9. The third-order valence-electron chi connectivity index (χ3n) is 4.70. The highest BCUT2D eigenvalue weighted by Gasteiger charge is 2.17. The molecule has 0 radical (unpaired) electrons. The number of sulfonamides is 1. The van der Waals surface area contributed by atoms with Crippen LogP contribution in [0.5, 0.6) is 5.88 Å². The number of benzene rings is 3. The van der Waals surface area contributed by atoms with E-state index >= 15 is 0 Å². The summed E-state index contributed by atoms with van der Waals surface area (Å²) in [6, 6.07) is 27.3. The van der Waals surface area contributed by atoms with E-state index in [4.69, 9.17) is 4.74 Å². The van der Waals surface area contributed by atoms with Crippen molar-refractivity contribution >= 4 is 27.3 Å². The first-order valence-electron chi connectivity index (χ1n) is 10.1. The van der Waals surface area contributed by atoms with E-state index in [1.165, 1.54) is 24.4 Å². The van der Waals surface area contributed by atoms with Gasteiger partial charge in [0.05, 0.1) is 16.3 Å². The molecule has 0 atom stereocenters. The van der Waals surface area contributed by atoms with E-state index < -0.39 is 15.9 Å². The van der Waals surface area contributed by atoms with E-state index in [9.17, 15) is 13.2 Å². The fourth-order valence-electron chi connectivity index (χ4n) is 3.04. The average Bonchev–Trinajstić information content (AvgIpc) is 2.85. The number of hydrogen-bond donors (Lipinski definition) is 2. The second kappa shape index (κ2) is 9.97. The van der Waals surface area contributed by atoms with Crippen LogP contribution in [0.2, 0.25) is 0 Å². The SMILES string of the molecule is O=C(Nc1ccccc1NS(=O)(=O)c1ccccc1)c1ccnc(OCc2ccccc2)c1. The summed E-state index contributed by atoms with van der Waals surface area (Å²) >= 11 is 0. The molecule has 3 aromatic carbocycles. The Morgan fingerprint density at radius 1 is 0.818 bits per heavy atom. The topological polar surface area (TPSA) is 97.4 Å². The van der Waals surface area contributed by atoms with Gasteiger partial charge >= 0.3 is 0 Å². The Bertz CT molecular complexity index is 1340. The predicted octanol–water partition coefficient (Wildman–Crippen LogP) is 4.71. The number of pyridine rings is 1. The van der Waals surface area contributed by atoms with Crippen LogP contribution in [0.4, 0.5) is 11.4 Å². The number of carbonyl (C=O) groups is 1. The van der Waals surface area contributed by atoms with Gasteiger partial charge in [0.25, 0.3) is 15.9 Å². The first-order valence-corrected chi connectivity index (χ1v) is 11.6. The van der Waals surface area contributed by atoms with Gasteiger partial charge in [-0.3, -0.25) is 9.52 Å². The van der Waals surface area contributed by atoms with E-state index in [2.05, 4.69) is 15.0 Å². The molecule has 1 heterocycles. The zero-order valence-electron chi connectivity index (χ0n) is 17.5. The summed E-state index contributed by atoms with van der Waals surface area (Å²) in [5.74, 6) is -0.113. The minimum atomic E-state index is -3.81. The van der Waals surface area contributed by atoms with Crippen molar-refractivity contribution in [2.45, 2.75) is 11.5 Å². The van der Waals surface area contributed by atoms with E-state index in [1.54, 1.807) is 48.5 Å². The van der Waals surface area contributed by atoms with Gasteiger partial charge in [0.15, 0.2) is 0 Å². The van der Waals surface area contributed by atoms with Crippen molar-refractivity contribution in [2.24, 2.45) is 0 Å². The Hall–Kier alpha value is -4.17. The maximum absolute atomic E-state index is 12.9. The van der Waals surface area contributed by atoms with Crippen molar-refractivity contribution < 1.29 is 17.9 Å². The molecule has 0 fully saturated rings. The summed E-state index contributed by atoms with van der Waals surface area (Å²) in [4.78, 5) is 17.1. The largest absolute Gasteiger partial charge is 0.473 e. The summed E-state index contributed by atoms with van der Waals surface area (Å²) in [5, 5.41) is 2.75. The van der Waals surface area contributed by atoms with Gasteiger partial charge in [0.2, 0.25) is 5.88 Å². The van der Waals surface area contributed by atoms with Gasteiger partial charge in [0.1, 0.15) is 6.61 Å². The molecular weight excluding hydrogens is 438 g/mol. The van der Waals surface area contributed by atoms with Crippen LogP contribution in [0, 0.1) is 0 Å². The Kier molecular flexibility index (Phi) is 6.66. The molecular formula is C25H21N3O4S. The highest BCUT2D eigenvalue weighted by atomic mass is 32.2. The minimum absolute atomic E-state index is 0.125. The van der Waals surface area contributed by atoms with Gasteiger partial charge in [-0.25, -0.2) is 13.4 Å². The summed E-state index contributed by atoms with van der Waals surface area (Å²) in [6.45, 7) is 0.322. The molecule has 0 aliphatic rings. The molecule has 1 amide bonds. The van der Waals surface area contributed by atoms with Crippen molar-refractivity contribution in [3.63, 3.8) is 0 Å². The normalized spacial score (nSPS) is 10.9. The highest BCUT2D eigenvalue weighted by Crippen LogP contribution is 2.25. The first-order chi connectivity index (χ1) is 16.0. The third kappa shape index (κ3) is 5.75. The van der Waals surface area contributed by atoms with Crippen LogP contribution in [0.3, 0.4) is 0 Å². The van der Waals surface area contributed by atoms with Crippen LogP contribution < -0.4 is 14.8 Å². The van der Waals surface area contributed by atoms with Crippen molar-refractivity contribution in [1.82, 2.24) is 4.98 Å². The number of hydrogen-bond acceptors (Lipinski definition) is 5. The first kappa shape index (κ1) is 22.0. The van der Waals surface area contributed by atoms with Crippen molar-refractivity contribution in [3.8, 4) is 5.88 Å². The Balaban J connectivity index is 1.48. The molecule has 0 aliphatic carbocycles. The summed E-state index contributed by atoms with van der Waals surface area (Å²) in [7, 11) is -3.81. The van der Waals surface area contributed by atoms with Crippen LogP contribution >= 0.6 is 0 Å². The van der Waals surface area contributed by atoms with E-state index in [0.29, 0.717) is 23.7 Å². The minimum Gasteiger partial charge on any atom is -0.473 e. The molecule has 0 spiro atoms. The van der Waals surface area contributed by atoms with Gasteiger partial charge < -0.3 is 10.1 Å². The highest BCUT2D eigenvalue weighted by molar-refractivity contribution is 7.92. The van der Waals surface area contributed by atoms with Crippen LogP contribution in [-0.2, 0) is 16.6 Å². The number of para-hydroxylation sites is 2. The monoisotopic (exact) mass is 459 g/mol. The number of amides is 1. The molecule has 1 aromatic heterocycles. The summed E-state index contributed by atoms with van der Waals surface area (Å²) < 4.78 is 33.6. The lowest BCUT2D eigenvalue weighted by Crippen LogP contribution is -2.17. The molecule has 2 N–H and O–H groups in total. The number of rotatable bonds is 8. The lowest BCUT2D eigenvalue weighted by atomic mass is 10.2. The zero-order valence-corrected chi connectivity index (χ0v) is 18.3. The number of nitrogens with one attached hydrogen (secondary N) is 2. The molecule has 4 rings (SSSR count). The van der Waals surface area contributed by atoms with E-state index in [-0.39, 0.29) is 10.6 Å². The maximum Gasteiger partial charge on any atom is 0.261 e. The Morgan fingerprint density at radius 2 is 1.45 bits per heavy atom. The number of carbonyl (C=O) groups excluding carboxylic acids is 1. The van der Waals surface area contributed by atoms with Crippen molar-refractivity contribution in [1.29, 1.82) is 0 Å². The smallest absolute Gasteiger partial charge is 0.261 e. The molecule has 0 unspecified atom stereocenters. The van der Waals surface area contributed by atoms with Crippen LogP contribution in [0.25, 0.3) is 0 Å². The van der Waals surface area contributed by atoms with E-state index in [0.717, 1.165) is 5.56 Å². The lowest BCUT2D eigenvalue weighted by molar-refractivity contribution is 0.102. The van der Waals surface area contributed by atoms with Gasteiger partial charge in [-0.05, 0) is 35.9 Å². The van der Waals surface area contributed by atoms with Crippen molar-refractivity contribution in [3.05, 3.63) is 114 Å². The van der Waals surface area contributed by atoms with Gasteiger partial charge in [-0.1, -0.05) is 60.7 Å². The molecule has 8 heteroatoms. The number of anilines is 2. The van der Waals surface area contributed by atoms with Gasteiger partial charge in [-0.15, -0.1) is 0 Å². The second-order valence-electron chi connectivity index (χ2n) is 7.08. The summed E-state index contributed by atoms with van der Waals surface area (Å²) in [5.41, 5.74) is 1.89. The number of aromatic nitrogens is 1. The predicted molar refractivity (Wildman–Crippen MR) is 127 cm³/mol. The standard InChI is InChI=1S/C25H21N3O4S/c29-25(20-15-16-26-24(17-20)32-18-19-9-3-1-4-10-19)27-22-13-7-8-14-23(22)28-33(30,31)21-11-5-2-6-12-21/h1-17,28H,18H2,(H,27,29). The lowest BCUT2D eigenvalue weighted by Gasteiger charge is -2.14. The van der Waals surface area contributed by atoms with Crippen LogP contribution in [0.15, 0.2) is 108 Å². The van der Waals surface area contributed by atoms with E-state index in [1.807, 2.05) is 30.3 Å². The van der Waals surface area contributed by atoms with Crippen LogP contribution in [0.1, 0.15) is 15.9 Å². The molecule has 7 nitrogen and oxygen atoms in total. The molecule has 166 valence electrons. The molecule has 4 aromatic rings. The molecule has 0 bridgehead atoms. The second-order valence-corrected chi connectivity index (χ2v) is 8.76. The van der Waals surface area contributed by atoms with Gasteiger partial charge in [-0.2, -0.15) is 0 Å². The van der Waals surface area contributed by atoms with Crippen molar-refractivity contribution in [2.75, 3.05) is 10.0 Å². The molecule has 0 saturated heterocycles.